The first-order chi connectivity index (χ1) is 25.6. The van der Waals surface area contributed by atoms with Crippen LogP contribution in [0, 0.1) is 17.3 Å². The molecule has 1 aliphatic heterocycles. The number of likely N-dealkylation sites (tertiary alicyclic amines) is 1. The Morgan fingerprint density at radius 1 is 1.06 bits per heavy atom. The predicted molar refractivity (Wildman–Crippen MR) is 204 cm³/mol. The van der Waals surface area contributed by atoms with Crippen LogP contribution in [0.2, 0.25) is 0 Å². The summed E-state index contributed by atoms with van der Waals surface area (Å²) in [5.41, 5.74) is -0.194. The average molecular weight is 814 g/mol. The van der Waals surface area contributed by atoms with Crippen molar-refractivity contribution < 1.29 is 37.9 Å². The van der Waals surface area contributed by atoms with E-state index in [1.54, 1.807) is 4.90 Å². The Hall–Kier alpha value is -3.52. The number of hydrogen-bond donors (Lipinski definition) is 1. The second kappa shape index (κ2) is 19.9. The maximum absolute atomic E-state index is 14.2. The molecular weight excluding hydrogens is 763 g/mol. The van der Waals surface area contributed by atoms with E-state index < -0.39 is 45.3 Å². The molecule has 2 aromatic rings. The van der Waals surface area contributed by atoms with Crippen molar-refractivity contribution in [3.8, 4) is 5.75 Å². The number of piperidine rings is 1. The molecule has 0 spiro atoms. The van der Waals surface area contributed by atoms with Crippen LogP contribution in [0.15, 0.2) is 51.9 Å². The lowest BCUT2D eigenvalue weighted by atomic mass is 9.84. The number of hydroxylamine groups is 2. The lowest BCUT2D eigenvalue weighted by Gasteiger charge is -2.41. The maximum atomic E-state index is 14.2. The van der Waals surface area contributed by atoms with Crippen LogP contribution in [0.1, 0.15) is 77.0 Å². The number of hydrogen-bond acceptors (Lipinski definition) is 9. The summed E-state index contributed by atoms with van der Waals surface area (Å²) in [6, 6.07) is 9.38. The van der Waals surface area contributed by atoms with Gasteiger partial charge in [0.05, 0.1) is 26.1 Å². The van der Waals surface area contributed by atoms with Gasteiger partial charge in [-0.25, -0.2) is 9.86 Å². The molecule has 1 saturated heterocycles. The third-order valence-electron chi connectivity index (χ3n) is 9.83. The molecule has 2 aliphatic rings. The minimum absolute atomic E-state index is 0.0127. The Kier molecular flexibility index (Phi) is 15.9. The number of halogens is 3. The molecule has 13 nitrogen and oxygen atoms in total. The van der Waals surface area contributed by atoms with Crippen LogP contribution < -0.4 is 15.5 Å². The van der Waals surface area contributed by atoms with Gasteiger partial charge < -0.3 is 24.1 Å². The monoisotopic (exact) mass is 812 g/mol. The van der Waals surface area contributed by atoms with Crippen molar-refractivity contribution in [3.63, 3.8) is 0 Å². The summed E-state index contributed by atoms with van der Waals surface area (Å²) in [5, 5.41) is 4.23. The molecule has 0 bridgehead atoms. The SMILES string of the molecule is COc1coc(CN(C(=O)OCC(Cl)(Cl)Cl)C2CCN(C(=O)C(NC(=O)C(CC3CCCC3)CN(C=O)OCc3ccccc3)C(C)(C)C)CC2)cc1=O. The molecule has 4 amide bonds. The van der Waals surface area contributed by atoms with E-state index in [0.29, 0.717) is 31.6 Å². The van der Waals surface area contributed by atoms with E-state index in [0.717, 1.165) is 37.5 Å². The van der Waals surface area contributed by atoms with E-state index in [4.69, 9.17) is 53.5 Å². The van der Waals surface area contributed by atoms with Gasteiger partial charge in [0.25, 0.3) is 0 Å². The Labute approximate surface area is 331 Å². The van der Waals surface area contributed by atoms with Gasteiger partial charge in [-0.05, 0) is 36.2 Å². The number of methoxy groups -OCH3 is 1. The van der Waals surface area contributed by atoms with Crippen LogP contribution in [0.4, 0.5) is 4.79 Å². The first kappa shape index (κ1) is 43.2. The Morgan fingerprint density at radius 2 is 1.72 bits per heavy atom. The van der Waals surface area contributed by atoms with Gasteiger partial charge in [0.1, 0.15) is 31.3 Å². The van der Waals surface area contributed by atoms with Gasteiger partial charge in [-0.3, -0.25) is 28.9 Å². The molecule has 1 aromatic heterocycles. The second-order valence-corrected chi connectivity index (χ2v) is 17.5. The number of ether oxygens (including phenoxy) is 2. The zero-order valence-corrected chi connectivity index (χ0v) is 33.5. The number of nitrogens with one attached hydrogen (secondary N) is 1. The minimum Gasteiger partial charge on any atom is -0.490 e. The van der Waals surface area contributed by atoms with Crippen molar-refractivity contribution >= 4 is 59.1 Å². The fourth-order valence-corrected chi connectivity index (χ4v) is 7.05. The van der Waals surface area contributed by atoms with Gasteiger partial charge in [0.15, 0.2) is 0 Å². The fraction of sp³-hybridized carbons (Fsp3) is 0.605. The third kappa shape index (κ3) is 13.1. The Morgan fingerprint density at radius 3 is 2.30 bits per heavy atom. The largest absolute Gasteiger partial charge is 0.490 e. The third-order valence-corrected chi connectivity index (χ3v) is 10.2. The van der Waals surface area contributed by atoms with Gasteiger partial charge in [-0.1, -0.05) is 112 Å². The normalized spacial score (nSPS) is 16.7. The van der Waals surface area contributed by atoms with Gasteiger partial charge >= 0.3 is 6.09 Å². The number of nitrogens with zero attached hydrogens (tertiary/aromatic N) is 3. The quantitative estimate of drug-likeness (QED) is 0.118. The van der Waals surface area contributed by atoms with E-state index in [1.165, 1.54) is 23.1 Å². The smallest absolute Gasteiger partial charge is 0.410 e. The second-order valence-electron chi connectivity index (χ2n) is 15.0. The average Bonchev–Trinajstić information content (AvgIpc) is 3.66. The predicted octanol–water partition coefficient (Wildman–Crippen LogP) is 6.27. The van der Waals surface area contributed by atoms with Gasteiger partial charge in [0.2, 0.25) is 33.2 Å². The lowest BCUT2D eigenvalue weighted by Crippen LogP contribution is -2.58. The van der Waals surface area contributed by atoms with Crippen LogP contribution >= 0.6 is 34.8 Å². The van der Waals surface area contributed by atoms with Crippen LogP contribution in [0.5, 0.6) is 5.75 Å². The topological polar surface area (TPSA) is 148 Å². The van der Waals surface area contributed by atoms with Gasteiger partial charge in [-0.15, -0.1) is 0 Å². The molecular formula is C38H51Cl3N4O9. The van der Waals surface area contributed by atoms with Crippen molar-refractivity contribution in [1.82, 2.24) is 20.2 Å². The summed E-state index contributed by atoms with van der Waals surface area (Å²) in [4.78, 5) is 74.9. The van der Waals surface area contributed by atoms with Crippen molar-refractivity contribution in [3.05, 3.63) is 64.2 Å². The molecule has 2 heterocycles. The summed E-state index contributed by atoms with van der Waals surface area (Å²) in [6.07, 6.45) is 6.46. The van der Waals surface area contributed by atoms with Crippen LogP contribution in [-0.2, 0) is 37.1 Å². The molecule has 4 rings (SSSR count). The summed E-state index contributed by atoms with van der Waals surface area (Å²) in [5.74, 6) is -0.633. The Bertz CT molecular complexity index is 1600. The van der Waals surface area contributed by atoms with E-state index in [-0.39, 0.29) is 56.1 Å². The number of carbonyl (C=O) groups is 4. The Balaban J connectivity index is 1.45. The summed E-state index contributed by atoms with van der Waals surface area (Å²) >= 11 is 17.5. The summed E-state index contributed by atoms with van der Waals surface area (Å²) in [6.45, 7) is 5.80. The van der Waals surface area contributed by atoms with E-state index in [1.807, 2.05) is 51.1 Å². The number of benzene rings is 1. The molecule has 54 heavy (non-hydrogen) atoms. The molecule has 2 fully saturated rings. The molecule has 2 unspecified atom stereocenters. The number of alkyl halides is 3. The molecule has 1 aliphatic carbocycles. The maximum Gasteiger partial charge on any atom is 0.410 e. The van der Waals surface area contributed by atoms with Crippen LogP contribution in [0.25, 0.3) is 0 Å². The number of carbonyl (C=O) groups excluding carboxylic acids is 4. The molecule has 1 aromatic carbocycles. The van der Waals surface area contributed by atoms with Crippen molar-refractivity contribution in [1.29, 1.82) is 0 Å². The molecule has 1 saturated carbocycles. The zero-order chi connectivity index (χ0) is 39.5. The van der Waals surface area contributed by atoms with Crippen molar-refractivity contribution in [2.45, 2.75) is 94.7 Å². The lowest BCUT2D eigenvalue weighted by molar-refractivity contribution is -0.182. The highest BCUT2D eigenvalue weighted by molar-refractivity contribution is 6.67. The summed E-state index contributed by atoms with van der Waals surface area (Å²) < 4.78 is 14.0. The molecule has 298 valence electrons. The number of rotatable bonds is 16. The molecule has 2 atom stereocenters. The zero-order valence-electron chi connectivity index (χ0n) is 31.3. The summed E-state index contributed by atoms with van der Waals surface area (Å²) in [7, 11) is 1.34. The first-order valence-corrected chi connectivity index (χ1v) is 19.3. The van der Waals surface area contributed by atoms with E-state index in [2.05, 4.69) is 5.32 Å². The van der Waals surface area contributed by atoms with Gasteiger partial charge in [0, 0.05) is 25.2 Å². The first-order valence-electron chi connectivity index (χ1n) is 18.2. The minimum atomic E-state index is -1.84. The molecule has 0 radical (unpaired) electrons. The highest BCUT2D eigenvalue weighted by Crippen LogP contribution is 2.32. The standard InChI is InChI=1S/C38H51Cl3N4O9/c1-37(2,3)33(42-34(48)28(18-26-10-8-9-11-26)20-44(25-46)54-22-27-12-6-5-7-13-27)35(49)43-16-14-29(15-17-43)45(36(50)53-24-38(39,40)41)21-30-19-31(47)32(51-4)23-52-30/h5-7,12-13,19,23,25-26,28-29,33H,8-11,14-18,20-22,24H2,1-4H3,(H,42,48). The van der Waals surface area contributed by atoms with E-state index >= 15 is 0 Å². The highest BCUT2D eigenvalue weighted by atomic mass is 35.6. The molecule has 1 N–H and O–H groups in total. The van der Waals surface area contributed by atoms with Crippen molar-refractivity contribution in [2.75, 3.05) is 33.4 Å². The number of amides is 4. The van der Waals surface area contributed by atoms with Crippen LogP contribution in [-0.4, -0.2) is 88.4 Å². The van der Waals surface area contributed by atoms with Crippen molar-refractivity contribution in [2.24, 2.45) is 17.3 Å². The van der Waals surface area contributed by atoms with E-state index in [9.17, 15) is 24.0 Å². The van der Waals surface area contributed by atoms with Crippen LogP contribution in [0.3, 0.4) is 0 Å². The molecule has 16 heteroatoms. The highest BCUT2D eigenvalue weighted by Gasteiger charge is 2.40. The van der Waals surface area contributed by atoms with Gasteiger partial charge in [-0.2, -0.15) is 0 Å². The fourth-order valence-electron chi connectivity index (χ4n) is 6.88.